The molecule has 1 saturated heterocycles. The van der Waals surface area contributed by atoms with Gasteiger partial charge in [0.1, 0.15) is 5.82 Å². The molecule has 2 aromatic heterocycles. The summed E-state index contributed by atoms with van der Waals surface area (Å²) < 4.78 is 0.847. The van der Waals surface area contributed by atoms with Crippen LogP contribution < -0.4 is 5.56 Å². The first kappa shape index (κ1) is 16.7. The molecule has 3 aromatic rings. The summed E-state index contributed by atoms with van der Waals surface area (Å²) in [6.07, 6.45) is 0. The first-order valence-electron chi connectivity index (χ1n) is 8.34. The predicted octanol–water partition coefficient (Wildman–Crippen LogP) is 2.96. The summed E-state index contributed by atoms with van der Waals surface area (Å²) in [4.78, 5) is 25.8. The fourth-order valence-electron chi connectivity index (χ4n) is 3.18. The van der Waals surface area contributed by atoms with Crippen LogP contribution in [0.5, 0.6) is 0 Å². The van der Waals surface area contributed by atoms with Gasteiger partial charge in [-0.15, -0.1) is 11.3 Å². The smallest absolute Gasteiger partial charge is 0.258 e. The van der Waals surface area contributed by atoms with Crippen molar-refractivity contribution >= 4 is 33.8 Å². The second-order valence-electron chi connectivity index (χ2n) is 6.29. The molecule has 1 fully saturated rings. The van der Waals surface area contributed by atoms with Gasteiger partial charge in [-0.1, -0.05) is 23.7 Å². The molecule has 4 rings (SSSR count). The first-order valence-corrected chi connectivity index (χ1v) is 9.54. The average Bonchev–Trinajstić information content (AvgIpc) is 3.02. The molecule has 1 aliphatic rings. The third-order valence-electron chi connectivity index (χ3n) is 4.51. The number of rotatable bonds is 4. The number of nitrogens with zero attached hydrogens (tertiary/aromatic N) is 3. The Kier molecular flexibility index (Phi) is 4.85. The molecular weight excluding hydrogens is 356 g/mol. The Morgan fingerprint density at radius 3 is 2.48 bits per heavy atom. The molecule has 0 aliphatic carbocycles. The minimum atomic E-state index is -0.0613. The second-order valence-corrected chi connectivity index (χ2v) is 8.09. The Labute approximate surface area is 154 Å². The van der Waals surface area contributed by atoms with Gasteiger partial charge in [0.15, 0.2) is 0 Å². The first-order chi connectivity index (χ1) is 12.2. The van der Waals surface area contributed by atoms with Crippen LogP contribution in [-0.4, -0.2) is 45.9 Å². The highest BCUT2D eigenvalue weighted by Crippen LogP contribution is 2.23. The lowest BCUT2D eigenvalue weighted by Crippen LogP contribution is -2.45. The molecule has 0 atom stereocenters. The maximum absolute atomic E-state index is 12.2. The molecule has 0 saturated carbocycles. The van der Waals surface area contributed by atoms with E-state index in [4.69, 9.17) is 11.6 Å². The zero-order valence-electron chi connectivity index (χ0n) is 13.7. The summed E-state index contributed by atoms with van der Waals surface area (Å²) in [6.45, 7) is 5.58. The van der Waals surface area contributed by atoms with E-state index in [2.05, 4.69) is 25.8 Å². The summed E-state index contributed by atoms with van der Waals surface area (Å²) in [5.74, 6) is 0.738. The number of aromatic amines is 1. The number of piperazine rings is 1. The Bertz CT molecular complexity index is 930. The van der Waals surface area contributed by atoms with Gasteiger partial charge in [0.2, 0.25) is 0 Å². The van der Waals surface area contributed by atoms with Crippen LogP contribution in [0.3, 0.4) is 0 Å². The van der Waals surface area contributed by atoms with Gasteiger partial charge in [0.05, 0.1) is 21.8 Å². The van der Waals surface area contributed by atoms with E-state index < -0.39 is 0 Å². The number of fused-ring (bicyclic) bond motifs is 1. The quantitative estimate of drug-likeness (QED) is 0.762. The Morgan fingerprint density at radius 1 is 1.04 bits per heavy atom. The van der Waals surface area contributed by atoms with Crippen molar-refractivity contribution in [3.63, 3.8) is 0 Å². The zero-order chi connectivity index (χ0) is 17.2. The molecule has 25 heavy (non-hydrogen) atoms. The Balaban J connectivity index is 1.38. The number of halogens is 1. The molecule has 3 heterocycles. The van der Waals surface area contributed by atoms with E-state index in [1.165, 1.54) is 4.88 Å². The van der Waals surface area contributed by atoms with Crippen LogP contribution in [0.4, 0.5) is 0 Å². The topological polar surface area (TPSA) is 52.2 Å². The van der Waals surface area contributed by atoms with E-state index in [0.717, 1.165) is 48.4 Å². The maximum atomic E-state index is 12.2. The second kappa shape index (κ2) is 7.25. The van der Waals surface area contributed by atoms with Crippen LogP contribution in [-0.2, 0) is 13.1 Å². The van der Waals surface area contributed by atoms with Gasteiger partial charge in [-0.3, -0.25) is 14.6 Å². The predicted molar refractivity (Wildman–Crippen MR) is 102 cm³/mol. The van der Waals surface area contributed by atoms with Crippen molar-refractivity contribution in [2.24, 2.45) is 0 Å². The molecule has 0 spiro atoms. The number of thiophene rings is 1. The Morgan fingerprint density at radius 2 is 1.76 bits per heavy atom. The molecule has 1 aliphatic heterocycles. The standard InChI is InChI=1S/C18H19ClN4OS/c19-16-6-5-13(25-16)11-22-7-9-23(10-8-22)12-17-20-15-4-2-1-3-14(15)18(24)21-17/h1-6H,7-12H2,(H,20,21,24). The number of benzene rings is 1. The summed E-state index contributed by atoms with van der Waals surface area (Å²) >= 11 is 7.65. The molecule has 0 amide bonds. The molecule has 130 valence electrons. The van der Waals surface area contributed by atoms with Crippen LogP contribution in [0.1, 0.15) is 10.7 Å². The van der Waals surface area contributed by atoms with Gasteiger partial charge in [-0.05, 0) is 24.3 Å². The molecule has 0 unspecified atom stereocenters. The Hall–Kier alpha value is -1.73. The van der Waals surface area contributed by atoms with Crippen molar-refractivity contribution in [1.29, 1.82) is 0 Å². The van der Waals surface area contributed by atoms with Crippen LogP contribution in [0.2, 0.25) is 4.34 Å². The van der Waals surface area contributed by atoms with Crippen molar-refractivity contribution in [3.8, 4) is 0 Å². The van der Waals surface area contributed by atoms with Crippen molar-refractivity contribution < 1.29 is 0 Å². The third kappa shape index (κ3) is 3.93. The number of para-hydroxylation sites is 1. The van der Waals surface area contributed by atoms with Crippen molar-refractivity contribution in [2.75, 3.05) is 26.2 Å². The van der Waals surface area contributed by atoms with Gasteiger partial charge in [-0.2, -0.15) is 0 Å². The summed E-state index contributed by atoms with van der Waals surface area (Å²) in [7, 11) is 0. The number of aromatic nitrogens is 2. The highest BCUT2D eigenvalue weighted by Gasteiger charge is 2.18. The molecule has 7 heteroatoms. The lowest BCUT2D eigenvalue weighted by Gasteiger charge is -2.34. The lowest BCUT2D eigenvalue weighted by molar-refractivity contribution is 0.120. The van der Waals surface area contributed by atoms with Crippen LogP contribution in [0.15, 0.2) is 41.2 Å². The van der Waals surface area contributed by atoms with Gasteiger partial charge in [0, 0.05) is 37.6 Å². The molecule has 0 bridgehead atoms. The largest absolute Gasteiger partial charge is 0.309 e. The summed E-state index contributed by atoms with van der Waals surface area (Å²) in [5.41, 5.74) is 0.697. The SMILES string of the molecule is O=c1[nH]c(CN2CCN(Cc3ccc(Cl)s3)CC2)nc2ccccc12. The normalized spacial score (nSPS) is 16.5. The van der Waals surface area contributed by atoms with Crippen molar-refractivity contribution in [3.05, 3.63) is 61.8 Å². The molecule has 1 aromatic carbocycles. The van der Waals surface area contributed by atoms with Crippen molar-refractivity contribution in [1.82, 2.24) is 19.8 Å². The highest BCUT2D eigenvalue weighted by molar-refractivity contribution is 7.16. The summed E-state index contributed by atoms with van der Waals surface area (Å²) in [5, 5.41) is 0.644. The van der Waals surface area contributed by atoms with E-state index >= 15 is 0 Å². The average molecular weight is 375 g/mol. The molecule has 5 nitrogen and oxygen atoms in total. The van der Waals surface area contributed by atoms with Gasteiger partial charge in [0.25, 0.3) is 5.56 Å². The van der Waals surface area contributed by atoms with Crippen LogP contribution in [0, 0.1) is 0 Å². The molecule has 0 radical (unpaired) electrons. The molecule has 1 N–H and O–H groups in total. The minimum absolute atomic E-state index is 0.0613. The number of H-pyrrole nitrogens is 1. The zero-order valence-corrected chi connectivity index (χ0v) is 15.3. The fraction of sp³-hybridized carbons (Fsp3) is 0.333. The number of hydrogen-bond donors (Lipinski definition) is 1. The minimum Gasteiger partial charge on any atom is -0.309 e. The monoisotopic (exact) mass is 374 g/mol. The van der Waals surface area contributed by atoms with Crippen molar-refractivity contribution in [2.45, 2.75) is 13.1 Å². The number of nitrogens with one attached hydrogen (secondary N) is 1. The van der Waals surface area contributed by atoms with E-state index in [0.29, 0.717) is 11.9 Å². The highest BCUT2D eigenvalue weighted by atomic mass is 35.5. The van der Waals surface area contributed by atoms with E-state index in [-0.39, 0.29) is 5.56 Å². The van der Waals surface area contributed by atoms with Gasteiger partial charge in [-0.25, -0.2) is 4.98 Å². The van der Waals surface area contributed by atoms with Crippen LogP contribution in [0.25, 0.3) is 10.9 Å². The van der Waals surface area contributed by atoms with Gasteiger partial charge >= 0.3 is 0 Å². The number of hydrogen-bond acceptors (Lipinski definition) is 5. The van der Waals surface area contributed by atoms with Gasteiger partial charge < -0.3 is 4.98 Å². The molecular formula is C18H19ClN4OS. The fourth-order valence-corrected chi connectivity index (χ4v) is 4.31. The third-order valence-corrected chi connectivity index (χ3v) is 5.72. The van der Waals surface area contributed by atoms with Crippen LogP contribution >= 0.6 is 22.9 Å². The summed E-state index contributed by atoms with van der Waals surface area (Å²) in [6, 6.07) is 11.5. The maximum Gasteiger partial charge on any atom is 0.258 e. The van der Waals surface area contributed by atoms with E-state index in [1.54, 1.807) is 17.4 Å². The van der Waals surface area contributed by atoms with E-state index in [9.17, 15) is 4.79 Å². The van der Waals surface area contributed by atoms with E-state index in [1.807, 2.05) is 24.3 Å². The lowest BCUT2D eigenvalue weighted by atomic mass is 10.2.